The normalized spacial score (nSPS) is 14.7. The molecule has 1 rings (SSSR count). The Morgan fingerprint density at radius 2 is 1.80 bits per heavy atom. The van der Waals surface area contributed by atoms with Gasteiger partial charge in [0.15, 0.2) is 0 Å². The molecular weight excluding hydrogens is 206 g/mol. The molecule has 0 saturated heterocycles. The van der Waals surface area contributed by atoms with Gasteiger partial charge in [0.2, 0.25) is 0 Å². The van der Waals surface area contributed by atoms with Crippen LogP contribution in [0, 0.1) is 0 Å². The highest BCUT2D eigenvalue weighted by molar-refractivity contribution is 7.98. The van der Waals surface area contributed by atoms with E-state index in [-0.39, 0.29) is 6.10 Å². The zero-order chi connectivity index (χ0) is 11.3. The minimum absolute atomic E-state index is 0.213. The van der Waals surface area contributed by atoms with E-state index in [1.807, 2.05) is 0 Å². The van der Waals surface area contributed by atoms with Gasteiger partial charge in [0.05, 0.1) is 6.10 Å². The molecule has 1 aromatic carbocycles. The Balaban J connectivity index is 2.57. The van der Waals surface area contributed by atoms with E-state index in [1.165, 1.54) is 4.90 Å². The molecular formula is C12H19NOS. The van der Waals surface area contributed by atoms with Crippen molar-refractivity contribution >= 4 is 17.4 Å². The molecule has 2 nitrogen and oxygen atoms in total. The summed E-state index contributed by atoms with van der Waals surface area (Å²) in [6, 6.07) is 8.76. The maximum Gasteiger partial charge on any atom is 0.0741 e. The van der Waals surface area contributed by atoms with Crippen molar-refractivity contribution in [1.82, 2.24) is 0 Å². The van der Waals surface area contributed by atoms with Crippen LogP contribution in [0.3, 0.4) is 0 Å². The first kappa shape index (κ1) is 12.4. The van der Waals surface area contributed by atoms with Gasteiger partial charge < -0.3 is 10.1 Å². The minimum Gasteiger partial charge on any atom is -0.380 e. The highest BCUT2D eigenvalue weighted by atomic mass is 32.2. The Hall–Kier alpha value is -0.670. The van der Waals surface area contributed by atoms with Crippen LogP contribution in [0.15, 0.2) is 29.2 Å². The molecule has 0 fully saturated rings. The largest absolute Gasteiger partial charge is 0.380 e. The molecule has 0 bridgehead atoms. The molecule has 0 aliphatic heterocycles. The van der Waals surface area contributed by atoms with Crippen molar-refractivity contribution in [3.05, 3.63) is 24.3 Å². The van der Waals surface area contributed by atoms with Crippen LogP contribution in [0.4, 0.5) is 5.69 Å². The molecule has 84 valence electrons. The summed E-state index contributed by atoms with van der Waals surface area (Å²) in [4.78, 5) is 1.29. The topological polar surface area (TPSA) is 21.3 Å². The number of ether oxygens (including phenoxy) is 1. The van der Waals surface area contributed by atoms with Gasteiger partial charge in [-0.05, 0) is 44.4 Å². The lowest BCUT2D eigenvalue weighted by Crippen LogP contribution is -2.29. The maximum atomic E-state index is 5.26. The SMILES string of the molecule is COC(C)C(C)Nc1ccc(SC)cc1. The lowest BCUT2D eigenvalue weighted by atomic mass is 10.2. The predicted octanol–water partition coefficient (Wildman–Crippen LogP) is 3.24. The predicted molar refractivity (Wildman–Crippen MR) is 67.8 cm³/mol. The second-order valence-corrected chi connectivity index (χ2v) is 4.48. The Labute approximate surface area is 96.4 Å². The van der Waals surface area contributed by atoms with E-state index >= 15 is 0 Å². The number of hydrogen-bond acceptors (Lipinski definition) is 3. The number of hydrogen-bond donors (Lipinski definition) is 1. The van der Waals surface area contributed by atoms with Crippen LogP contribution in [0.1, 0.15) is 13.8 Å². The van der Waals surface area contributed by atoms with Crippen molar-refractivity contribution in [3.8, 4) is 0 Å². The molecule has 0 heterocycles. The van der Waals surface area contributed by atoms with Gasteiger partial charge in [-0.3, -0.25) is 0 Å². The molecule has 0 spiro atoms. The summed E-state index contributed by atoms with van der Waals surface area (Å²) in [5.41, 5.74) is 1.14. The highest BCUT2D eigenvalue weighted by Gasteiger charge is 2.10. The van der Waals surface area contributed by atoms with Crippen molar-refractivity contribution in [2.75, 3.05) is 18.7 Å². The fourth-order valence-electron chi connectivity index (χ4n) is 1.27. The molecule has 2 atom stereocenters. The quantitative estimate of drug-likeness (QED) is 0.777. The van der Waals surface area contributed by atoms with Crippen molar-refractivity contribution in [2.24, 2.45) is 0 Å². The number of benzene rings is 1. The van der Waals surface area contributed by atoms with Crippen molar-refractivity contribution < 1.29 is 4.74 Å². The fourth-order valence-corrected chi connectivity index (χ4v) is 1.68. The van der Waals surface area contributed by atoms with E-state index in [2.05, 4.69) is 49.7 Å². The number of nitrogens with one attached hydrogen (secondary N) is 1. The van der Waals surface area contributed by atoms with Crippen LogP contribution in [0.25, 0.3) is 0 Å². The van der Waals surface area contributed by atoms with E-state index in [9.17, 15) is 0 Å². The van der Waals surface area contributed by atoms with Gasteiger partial charge in [0.25, 0.3) is 0 Å². The zero-order valence-corrected chi connectivity index (χ0v) is 10.6. The van der Waals surface area contributed by atoms with E-state index in [1.54, 1.807) is 18.9 Å². The average molecular weight is 225 g/mol. The molecule has 0 amide bonds. The molecule has 0 aliphatic rings. The summed E-state index contributed by atoms with van der Waals surface area (Å²) >= 11 is 1.75. The molecule has 3 heteroatoms. The highest BCUT2D eigenvalue weighted by Crippen LogP contribution is 2.18. The molecule has 1 aromatic rings. The second-order valence-electron chi connectivity index (χ2n) is 3.60. The van der Waals surface area contributed by atoms with Crippen molar-refractivity contribution in [1.29, 1.82) is 0 Å². The first-order chi connectivity index (χ1) is 7.17. The fraction of sp³-hybridized carbons (Fsp3) is 0.500. The van der Waals surface area contributed by atoms with E-state index < -0.39 is 0 Å². The number of anilines is 1. The van der Waals surface area contributed by atoms with Crippen LogP contribution in [-0.2, 0) is 4.74 Å². The molecule has 0 saturated carbocycles. The molecule has 1 N–H and O–H groups in total. The van der Waals surface area contributed by atoms with Crippen molar-refractivity contribution in [2.45, 2.75) is 30.9 Å². The maximum absolute atomic E-state index is 5.26. The lowest BCUT2D eigenvalue weighted by molar-refractivity contribution is 0.106. The van der Waals surface area contributed by atoms with Gasteiger partial charge in [-0.2, -0.15) is 0 Å². The molecule has 0 aromatic heterocycles. The lowest BCUT2D eigenvalue weighted by Gasteiger charge is -2.21. The second kappa shape index (κ2) is 6.03. The third-order valence-corrected chi connectivity index (χ3v) is 3.30. The summed E-state index contributed by atoms with van der Waals surface area (Å²) in [7, 11) is 1.74. The Morgan fingerprint density at radius 3 is 2.27 bits per heavy atom. The first-order valence-corrected chi connectivity index (χ1v) is 6.33. The number of thioether (sulfide) groups is 1. The first-order valence-electron chi connectivity index (χ1n) is 5.10. The van der Waals surface area contributed by atoms with Gasteiger partial charge in [-0.25, -0.2) is 0 Å². The Bertz CT molecular complexity index is 286. The Kier molecular flexibility index (Phi) is 4.99. The molecule has 15 heavy (non-hydrogen) atoms. The summed E-state index contributed by atoms with van der Waals surface area (Å²) < 4.78 is 5.26. The molecule has 0 aliphatic carbocycles. The van der Waals surface area contributed by atoms with Gasteiger partial charge in [-0.1, -0.05) is 0 Å². The molecule has 2 unspecified atom stereocenters. The third-order valence-electron chi connectivity index (χ3n) is 2.56. The zero-order valence-electron chi connectivity index (χ0n) is 9.78. The van der Waals surface area contributed by atoms with Gasteiger partial charge in [-0.15, -0.1) is 11.8 Å². The smallest absolute Gasteiger partial charge is 0.0741 e. The Morgan fingerprint density at radius 1 is 1.20 bits per heavy atom. The summed E-state index contributed by atoms with van der Waals surface area (Å²) in [5, 5.41) is 3.41. The van der Waals surface area contributed by atoms with Crippen LogP contribution in [0.5, 0.6) is 0 Å². The van der Waals surface area contributed by atoms with Gasteiger partial charge in [0.1, 0.15) is 0 Å². The standard InChI is InChI=1S/C12H19NOS/c1-9(10(2)14-3)13-11-5-7-12(15-4)8-6-11/h5-10,13H,1-4H3. The number of rotatable bonds is 5. The summed E-state index contributed by atoms with van der Waals surface area (Å²) in [6.45, 7) is 4.19. The van der Waals surface area contributed by atoms with Crippen LogP contribution in [0.2, 0.25) is 0 Å². The van der Waals surface area contributed by atoms with Crippen LogP contribution >= 0.6 is 11.8 Å². The monoisotopic (exact) mass is 225 g/mol. The molecule has 0 radical (unpaired) electrons. The summed E-state index contributed by atoms with van der Waals surface area (Å²) in [5.74, 6) is 0. The van der Waals surface area contributed by atoms with Crippen LogP contribution in [-0.4, -0.2) is 25.5 Å². The summed E-state index contributed by atoms with van der Waals surface area (Å²) in [6.07, 6.45) is 2.29. The van der Waals surface area contributed by atoms with E-state index in [4.69, 9.17) is 4.74 Å². The van der Waals surface area contributed by atoms with E-state index in [0.717, 1.165) is 5.69 Å². The minimum atomic E-state index is 0.213. The van der Waals surface area contributed by atoms with Gasteiger partial charge >= 0.3 is 0 Å². The van der Waals surface area contributed by atoms with Crippen LogP contribution < -0.4 is 5.32 Å². The van der Waals surface area contributed by atoms with Gasteiger partial charge in [0, 0.05) is 23.7 Å². The average Bonchev–Trinajstić information content (AvgIpc) is 2.29. The number of methoxy groups -OCH3 is 1. The van der Waals surface area contributed by atoms with E-state index in [0.29, 0.717) is 6.04 Å². The van der Waals surface area contributed by atoms with Crippen molar-refractivity contribution in [3.63, 3.8) is 0 Å². The third kappa shape index (κ3) is 3.76.